The van der Waals surface area contributed by atoms with E-state index in [-0.39, 0.29) is 17.2 Å². The van der Waals surface area contributed by atoms with Crippen LogP contribution in [0.4, 0.5) is 0 Å². The highest BCUT2D eigenvalue weighted by Gasteiger charge is 2.49. The highest BCUT2D eigenvalue weighted by Crippen LogP contribution is 2.41. The van der Waals surface area contributed by atoms with Gasteiger partial charge in [-0.15, -0.1) is 0 Å². The predicted octanol–water partition coefficient (Wildman–Crippen LogP) is 2.88. The molecule has 0 bridgehead atoms. The molecule has 1 aromatic heterocycles. The molecule has 1 aromatic carbocycles. The minimum atomic E-state index is -0.367. The second-order valence-electron chi connectivity index (χ2n) is 8.67. The van der Waals surface area contributed by atoms with Crippen LogP contribution in [-0.4, -0.2) is 57.8 Å². The largest absolute Gasteiger partial charge is 0.342 e. The summed E-state index contributed by atoms with van der Waals surface area (Å²) in [5.41, 5.74) is 1.77. The van der Waals surface area contributed by atoms with Gasteiger partial charge >= 0.3 is 0 Å². The van der Waals surface area contributed by atoms with E-state index >= 15 is 0 Å². The average Bonchev–Trinajstić information content (AvgIpc) is 3.12. The lowest BCUT2D eigenvalue weighted by molar-refractivity contribution is -0.146. The summed E-state index contributed by atoms with van der Waals surface area (Å²) in [5.74, 6) is 0.968. The molecular formula is C22H26N4O2. The molecule has 0 unspecified atom stereocenters. The van der Waals surface area contributed by atoms with Gasteiger partial charge in [-0.25, -0.2) is 0 Å². The molecule has 3 aliphatic rings. The van der Waals surface area contributed by atoms with E-state index in [1.54, 1.807) is 18.5 Å². The molecule has 1 atom stereocenters. The molecule has 5 rings (SSSR count). The number of carbonyl (C=O) groups excluding carboxylic acids is 2. The SMILES string of the molecule is O=C(c1ccc2nccnc2c1)N1CC[C@]2(CCCN(CC3CCC3)C2=O)C1. The number of likely N-dealkylation sites (tertiary alicyclic amines) is 2. The van der Waals surface area contributed by atoms with E-state index < -0.39 is 0 Å². The maximum absolute atomic E-state index is 13.3. The van der Waals surface area contributed by atoms with Crippen LogP contribution < -0.4 is 0 Å². The average molecular weight is 378 g/mol. The molecule has 1 saturated carbocycles. The lowest BCUT2D eigenvalue weighted by Gasteiger charge is -2.42. The summed E-state index contributed by atoms with van der Waals surface area (Å²) in [4.78, 5) is 38.9. The zero-order valence-electron chi connectivity index (χ0n) is 16.1. The van der Waals surface area contributed by atoms with Crippen molar-refractivity contribution in [3.05, 3.63) is 36.2 Å². The van der Waals surface area contributed by atoms with Crippen molar-refractivity contribution in [1.29, 1.82) is 0 Å². The van der Waals surface area contributed by atoms with Crippen molar-refractivity contribution in [3.63, 3.8) is 0 Å². The van der Waals surface area contributed by atoms with Gasteiger partial charge in [-0.05, 0) is 56.2 Å². The lowest BCUT2D eigenvalue weighted by atomic mass is 9.77. The molecule has 1 spiro atoms. The number of piperidine rings is 1. The fraction of sp³-hybridized carbons (Fsp3) is 0.545. The van der Waals surface area contributed by atoms with Gasteiger partial charge in [0.25, 0.3) is 5.91 Å². The Labute approximate surface area is 164 Å². The van der Waals surface area contributed by atoms with Crippen LogP contribution in [0.5, 0.6) is 0 Å². The van der Waals surface area contributed by atoms with Crippen molar-refractivity contribution < 1.29 is 9.59 Å². The smallest absolute Gasteiger partial charge is 0.253 e. The lowest BCUT2D eigenvalue weighted by Crippen LogP contribution is -2.52. The van der Waals surface area contributed by atoms with Gasteiger partial charge in [0.15, 0.2) is 0 Å². The minimum absolute atomic E-state index is 0.00616. The molecule has 2 aromatic rings. The van der Waals surface area contributed by atoms with Gasteiger partial charge in [0.05, 0.1) is 16.4 Å². The van der Waals surface area contributed by atoms with Crippen LogP contribution in [0.15, 0.2) is 30.6 Å². The third kappa shape index (κ3) is 2.95. The quantitative estimate of drug-likeness (QED) is 0.824. The molecule has 6 nitrogen and oxygen atoms in total. The van der Waals surface area contributed by atoms with Crippen molar-refractivity contribution in [1.82, 2.24) is 19.8 Å². The first kappa shape index (κ1) is 17.6. The number of fused-ring (bicyclic) bond motifs is 1. The van der Waals surface area contributed by atoms with E-state index in [1.807, 2.05) is 17.0 Å². The van der Waals surface area contributed by atoms with Gasteiger partial charge < -0.3 is 9.80 Å². The monoisotopic (exact) mass is 378 g/mol. The van der Waals surface area contributed by atoms with Crippen LogP contribution in [0.2, 0.25) is 0 Å². The predicted molar refractivity (Wildman–Crippen MR) is 106 cm³/mol. The molecule has 2 saturated heterocycles. The number of amides is 2. The third-order valence-electron chi connectivity index (χ3n) is 6.88. The zero-order valence-corrected chi connectivity index (χ0v) is 16.1. The maximum Gasteiger partial charge on any atom is 0.253 e. The van der Waals surface area contributed by atoms with Crippen molar-refractivity contribution in [2.24, 2.45) is 11.3 Å². The Bertz CT molecular complexity index is 926. The molecule has 3 heterocycles. The van der Waals surface area contributed by atoms with Crippen LogP contribution in [0.25, 0.3) is 11.0 Å². The Kier molecular flexibility index (Phi) is 4.29. The van der Waals surface area contributed by atoms with Crippen molar-refractivity contribution in [2.75, 3.05) is 26.2 Å². The van der Waals surface area contributed by atoms with Crippen molar-refractivity contribution in [2.45, 2.75) is 38.5 Å². The van der Waals surface area contributed by atoms with Crippen molar-refractivity contribution >= 4 is 22.8 Å². The van der Waals surface area contributed by atoms with Gasteiger partial charge in [0.2, 0.25) is 5.91 Å². The van der Waals surface area contributed by atoms with Crippen LogP contribution >= 0.6 is 0 Å². The first-order chi connectivity index (χ1) is 13.6. The number of hydrogen-bond acceptors (Lipinski definition) is 4. The summed E-state index contributed by atoms with van der Waals surface area (Å²) >= 11 is 0. The molecular weight excluding hydrogens is 352 g/mol. The Hall–Kier alpha value is -2.50. The van der Waals surface area contributed by atoms with E-state index in [2.05, 4.69) is 14.9 Å². The molecule has 0 radical (unpaired) electrons. The summed E-state index contributed by atoms with van der Waals surface area (Å²) in [6.45, 7) is 3.00. The number of rotatable bonds is 3. The third-order valence-corrected chi connectivity index (χ3v) is 6.88. The van der Waals surface area contributed by atoms with Gasteiger partial charge in [-0.2, -0.15) is 0 Å². The van der Waals surface area contributed by atoms with Crippen molar-refractivity contribution in [3.8, 4) is 0 Å². The number of aromatic nitrogens is 2. The van der Waals surface area contributed by atoms with Crippen LogP contribution in [0.1, 0.15) is 48.9 Å². The number of carbonyl (C=O) groups is 2. The van der Waals surface area contributed by atoms with Crippen LogP contribution in [-0.2, 0) is 4.79 Å². The minimum Gasteiger partial charge on any atom is -0.342 e. The highest BCUT2D eigenvalue weighted by molar-refractivity contribution is 5.98. The number of nitrogens with zero attached hydrogens (tertiary/aromatic N) is 4. The van der Waals surface area contributed by atoms with Gasteiger partial charge in [-0.3, -0.25) is 19.6 Å². The first-order valence-corrected chi connectivity index (χ1v) is 10.4. The van der Waals surface area contributed by atoms with E-state index in [0.29, 0.717) is 24.6 Å². The molecule has 1 aliphatic carbocycles. The first-order valence-electron chi connectivity index (χ1n) is 10.4. The Balaban J connectivity index is 1.32. The Morgan fingerprint density at radius 1 is 1.07 bits per heavy atom. The standard InChI is InChI=1S/C22H26N4O2/c27-20(17-5-6-18-19(13-17)24-10-9-23-18)26-12-8-22(15-26)7-2-11-25(21(22)28)14-16-3-1-4-16/h5-6,9-10,13,16H,1-4,7-8,11-12,14-15H2/t22-/m1/s1. The molecule has 0 N–H and O–H groups in total. The van der Waals surface area contributed by atoms with E-state index in [0.717, 1.165) is 43.4 Å². The molecule has 146 valence electrons. The molecule has 3 fully saturated rings. The van der Waals surface area contributed by atoms with E-state index in [4.69, 9.17) is 0 Å². The summed E-state index contributed by atoms with van der Waals surface area (Å²) in [7, 11) is 0. The number of hydrogen-bond donors (Lipinski definition) is 0. The Morgan fingerprint density at radius 2 is 1.89 bits per heavy atom. The van der Waals surface area contributed by atoms with Gasteiger partial charge in [0, 0.05) is 44.1 Å². The van der Waals surface area contributed by atoms with Gasteiger partial charge in [-0.1, -0.05) is 6.42 Å². The summed E-state index contributed by atoms with van der Waals surface area (Å²) in [5, 5.41) is 0. The highest BCUT2D eigenvalue weighted by atomic mass is 16.2. The Morgan fingerprint density at radius 3 is 2.68 bits per heavy atom. The zero-order chi connectivity index (χ0) is 19.1. The fourth-order valence-electron chi connectivity index (χ4n) is 5.02. The normalized spacial score (nSPS) is 25.5. The summed E-state index contributed by atoms with van der Waals surface area (Å²) < 4.78 is 0. The van der Waals surface area contributed by atoms with E-state index in [1.165, 1.54) is 19.3 Å². The number of benzene rings is 1. The fourth-order valence-corrected chi connectivity index (χ4v) is 5.02. The second-order valence-corrected chi connectivity index (χ2v) is 8.67. The molecule has 2 amide bonds. The summed E-state index contributed by atoms with van der Waals surface area (Å²) in [6.07, 6.45) is 9.84. The molecule has 28 heavy (non-hydrogen) atoms. The maximum atomic E-state index is 13.3. The summed E-state index contributed by atoms with van der Waals surface area (Å²) in [6, 6.07) is 5.46. The molecule has 2 aliphatic heterocycles. The topological polar surface area (TPSA) is 66.4 Å². The van der Waals surface area contributed by atoms with E-state index in [9.17, 15) is 9.59 Å². The van der Waals surface area contributed by atoms with Crippen LogP contribution in [0, 0.1) is 11.3 Å². The molecule has 6 heteroatoms. The van der Waals surface area contributed by atoms with Crippen LogP contribution in [0.3, 0.4) is 0 Å². The second kappa shape index (κ2) is 6.83. The van der Waals surface area contributed by atoms with Gasteiger partial charge in [0.1, 0.15) is 0 Å².